The van der Waals surface area contributed by atoms with Crippen molar-refractivity contribution in [1.29, 1.82) is 0 Å². The maximum Gasteiger partial charge on any atom is 0.220 e. The van der Waals surface area contributed by atoms with Crippen LogP contribution in [0.5, 0.6) is 5.75 Å². The molecule has 3 aromatic rings. The largest absolute Gasteiger partial charge is 0.496 e. The van der Waals surface area contributed by atoms with Crippen LogP contribution in [0.4, 0.5) is 4.39 Å². The van der Waals surface area contributed by atoms with Gasteiger partial charge in [0.1, 0.15) is 29.3 Å². The highest BCUT2D eigenvalue weighted by Gasteiger charge is 2.53. The van der Waals surface area contributed by atoms with Crippen molar-refractivity contribution in [3.63, 3.8) is 0 Å². The van der Waals surface area contributed by atoms with Crippen LogP contribution in [0.25, 0.3) is 27.7 Å². The highest BCUT2D eigenvalue weighted by atomic mass is 32.2. The molecule has 1 aliphatic heterocycles. The minimum absolute atomic E-state index is 0.371. The molecule has 1 aromatic carbocycles. The number of halogens is 1. The number of nitrogens with one attached hydrogen (secondary N) is 2. The van der Waals surface area contributed by atoms with E-state index in [-0.39, 0.29) is 5.82 Å². The number of hydrogen-bond donors (Lipinski definition) is 2. The van der Waals surface area contributed by atoms with E-state index in [9.17, 15) is 22.4 Å². The van der Waals surface area contributed by atoms with E-state index in [1.807, 2.05) is 18.2 Å². The molecule has 0 saturated heterocycles. The predicted molar refractivity (Wildman–Crippen MR) is 128 cm³/mol. The van der Waals surface area contributed by atoms with Gasteiger partial charge in [0.2, 0.25) is 21.6 Å². The second-order valence-electron chi connectivity index (χ2n) is 8.66. The maximum absolute atomic E-state index is 14.0. The third kappa shape index (κ3) is 4.26. The van der Waals surface area contributed by atoms with E-state index in [0.717, 1.165) is 28.5 Å². The van der Waals surface area contributed by atoms with Crippen LogP contribution in [-0.4, -0.2) is 73.4 Å². The first-order chi connectivity index (χ1) is 16.7. The van der Waals surface area contributed by atoms with Crippen molar-refractivity contribution in [1.82, 2.24) is 19.6 Å². The van der Waals surface area contributed by atoms with Crippen LogP contribution in [0.3, 0.4) is 0 Å². The Balaban J connectivity index is 1.42. The number of Topliss-reactive ketones (excluding diaryl/α,β-unsaturated/α-hetero) is 2. The van der Waals surface area contributed by atoms with Gasteiger partial charge in [0.05, 0.1) is 13.4 Å². The molecule has 2 aromatic heterocycles. The first-order valence-electron chi connectivity index (χ1n) is 11.0. The number of ether oxygens (including phenoxy) is 1. The SMILES string of the molecule is COc1ccc(F)cc1-c1ccnc2[nH]c(C3=CCN(C4C(=O)C(=O)C4NS(C)(=O)=O)CC3)cc12. The number of nitrogens with zero attached hydrogens (tertiary/aromatic N) is 2. The van der Waals surface area contributed by atoms with Crippen LogP contribution in [0, 0.1) is 5.82 Å². The maximum atomic E-state index is 14.0. The summed E-state index contributed by atoms with van der Waals surface area (Å²) in [5.41, 5.74) is 3.88. The van der Waals surface area contributed by atoms with Gasteiger partial charge in [0.25, 0.3) is 0 Å². The Kier molecular flexibility index (Phi) is 5.78. The monoisotopic (exact) mass is 498 g/mol. The number of sulfonamides is 1. The molecule has 35 heavy (non-hydrogen) atoms. The van der Waals surface area contributed by atoms with E-state index < -0.39 is 33.7 Å². The summed E-state index contributed by atoms with van der Waals surface area (Å²) in [5.74, 6) is -1.11. The first-order valence-corrected chi connectivity index (χ1v) is 12.9. The highest BCUT2D eigenvalue weighted by Crippen LogP contribution is 2.37. The average molecular weight is 499 g/mol. The minimum atomic E-state index is -3.63. The Morgan fingerprint density at radius 1 is 1.17 bits per heavy atom. The molecule has 1 saturated carbocycles. The Morgan fingerprint density at radius 2 is 1.97 bits per heavy atom. The van der Waals surface area contributed by atoms with Gasteiger partial charge in [0.15, 0.2) is 0 Å². The molecule has 2 N–H and O–H groups in total. The topological polar surface area (TPSA) is 121 Å². The quantitative estimate of drug-likeness (QED) is 0.498. The molecule has 2 atom stereocenters. The first kappa shape index (κ1) is 23.3. The van der Waals surface area contributed by atoms with E-state index in [4.69, 9.17) is 4.74 Å². The Bertz CT molecular complexity index is 1500. The lowest BCUT2D eigenvalue weighted by Gasteiger charge is -2.42. The number of ketones is 2. The number of rotatable bonds is 6. The minimum Gasteiger partial charge on any atom is -0.496 e. The predicted octanol–water partition coefficient (Wildman–Crippen LogP) is 1.90. The zero-order chi connectivity index (χ0) is 24.9. The number of carbonyl (C=O) groups excluding carboxylic acids is 2. The molecule has 2 unspecified atom stereocenters. The van der Waals surface area contributed by atoms with Crippen molar-refractivity contribution in [3.8, 4) is 16.9 Å². The molecule has 0 amide bonds. The van der Waals surface area contributed by atoms with Gasteiger partial charge in [-0.25, -0.2) is 22.5 Å². The third-order valence-electron chi connectivity index (χ3n) is 6.41. The Morgan fingerprint density at radius 3 is 2.66 bits per heavy atom. The molecule has 9 nitrogen and oxygen atoms in total. The molecule has 182 valence electrons. The number of fused-ring (bicyclic) bond motifs is 1. The van der Waals surface area contributed by atoms with Crippen LogP contribution < -0.4 is 9.46 Å². The fourth-order valence-corrected chi connectivity index (χ4v) is 5.43. The van der Waals surface area contributed by atoms with Gasteiger partial charge in [-0.3, -0.25) is 14.5 Å². The van der Waals surface area contributed by atoms with Gasteiger partial charge in [-0.1, -0.05) is 6.08 Å². The van der Waals surface area contributed by atoms with Crippen molar-refractivity contribution in [2.75, 3.05) is 26.5 Å². The summed E-state index contributed by atoms with van der Waals surface area (Å²) in [6, 6.07) is 6.27. The van der Waals surface area contributed by atoms with Gasteiger partial charge < -0.3 is 9.72 Å². The molecule has 0 bridgehead atoms. The molecule has 3 heterocycles. The third-order valence-corrected chi connectivity index (χ3v) is 7.10. The van der Waals surface area contributed by atoms with Crippen molar-refractivity contribution in [2.24, 2.45) is 0 Å². The second-order valence-corrected chi connectivity index (χ2v) is 10.4. The summed E-state index contributed by atoms with van der Waals surface area (Å²) in [6.07, 6.45) is 5.14. The van der Waals surface area contributed by atoms with Gasteiger partial charge in [-0.05, 0) is 47.9 Å². The molecule has 2 aliphatic rings. The molecule has 5 rings (SSSR count). The molecular formula is C24H23FN4O5S. The van der Waals surface area contributed by atoms with Gasteiger partial charge in [-0.2, -0.15) is 0 Å². The summed E-state index contributed by atoms with van der Waals surface area (Å²) in [6.45, 7) is 0.860. The van der Waals surface area contributed by atoms with Gasteiger partial charge in [0, 0.05) is 35.9 Å². The van der Waals surface area contributed by atoms with E-state index in [1.54, 1.807) is 17.2 Å². The normalized spacial score (nSPS) is 21.2. The lowest BCUT2D eigenvalue weighted by atomic mass is 9.81. The number of methoxy groups -OCH3 is 1. The van der Waals surface area contributed by atoms with Crippen LogP contribution in [0.2, 0.25) is 0 Å². The Labute approximate surface area is 201 Å². The highest BCUT2D eigenvalue weighted by molar-refractivity contribution is 7.88. The van der Waals surface area contributed by atoms with E-state index >= 15 is 0 Å². The number of benzene rings is 1. The number of pyridine rings is 1. The van der Waals surface area contributed by atoms with Crippen molar-refractivity contribution >= 4 is 38.2 Å². The lowest BCUT2D eigenvalue weighted by molar-refractivity contribution is -0.150. The fraction of sp³-hybridized carbons (Fsp3) is 0.292. The van der Waals surface area contributed by atoms with E-state index in [2.05, 4.69) is 14.7 Å². The van der Waals surface area contributed by atoms with Gasteiger partial charge in [-0.15, -0.1) is 0 Å². The van der Waals surface area contributed by atoms with E-state index in [0.29, 0.717) is 36.5 Å². The Hall–Kier alpha value is -3.41. The lowest BCUT2D eigenvalue weighted by Crippen LogP contribution is -2.71. The summed E-state index contributed by atoms with van der Waals surface area (Å²) < 4.78 is 44.9. The number of hydrogen-bond acceptors (Lipinski definition) is 7. The molecule has 11 heteroatoms. The van der Waals surface area contributed by atoms with Gasteiger partial charge >= 0.3 is 0 Å². The van der Waals surface area contributed by atoms with Crippen LogP contribution in [0.1, 0.15) is 12.1 Å². The second kappa shape index (κ2) is 8.67. The molecule has 1 aliphatic carbocycles. The smallest absolute Gasteiger partial charge is 0.220 e. The standard InChI is InChI=1S/C24H23FN4O5S/c1-34-19-4-3-14(25)11-16(19)15-5-8-26-24-17(15)12-18(27-24)13-6-9-29(10-7-13)21-20(22(30)23(21)31)28-35(2,32)33/h3-6,8,11-12,20-21,28H,7,9-10H2,1-2H3,(H,26,27). The van der Waals surface area contributed by atoms with E-state index in [1.165, 1.54) is 19.2 Å². The zero-order valence-corrected chi connectivity index (χ0v) is 19.9. The van der Waals surface area contributed by atoms with Crippen molar-refractivity contribution < 1.29 is 27.1 Å². The average Bonchev–Trinajstić information content (AvgIpc) is 3.27. The molecule has 0 radical (unpaired) electrons. The fourth-order valence-electron chi connectivity index (χ4n) is 4.73. The summed E-state index contributed by atoms with van der Waals surface area (Å²) in [4.78, 5) is 33.6. The number of H-pyrrole nitrogens is 1. The molecule has 0 spiro atoms. The molecule has 1 fully saturated rings. The van der Waals surface area contributed by atoms with Crippen LogP contribution in [0.15, 0.2) is 42.6 Å². The van der Waals surface area contributed by atoms with Crippen LogP contribution in [-0.2, 0) is 19.6 Å². The van der Waals surface area contributed by atoms with Crippen LogP contribution >= 0.6 is 0 Å². The summed E-state index contributed by atoms with van der Waals surface area (Å²) >= 11 is 0. The number of aromatic nitrogens is 2. The summed E-state index contributed by atoms with van der Waals surface area (Å²) in [5, 5.41) is 0.812. The number of carbonyl (C=O) groups is 2. The number of aromatic amines is 1. The zero-order valence-electron chi connectivity index (χ0n) is 19.0. The van der Waals surface area contributed by atoms with Crippen molar-refractivity contribution in [3.05, 3.63) is 54.1 Å². The molecular weight excluding hydrogens is 475 g/mol. The summed E-state index contributed by atoms with van der Waals surface area (Å²) in [7, 11) is -2.09. The van der Waals surface area contributed by atoms with Crippen molar-refractivity contribution in [2.45, 2.75) is 18.5 Å².